The van der Waals surface area contributed by atoms with Crippen molar-refractivity contribution in [2.75, 3.05) is 44.1 Å². The molecule has 0 saturated heterocycles. The number of nitrogens with one attached hydrogen (secondary N) is 2. The molecule has 2 amide bonds. The molecule has 1 atom stereocenters. The van der Waals surface area contributed by atoms with Crippen LogP contribution in [-0.4, -0.2) is 63.4 Å². The van der Waals surface area contributed by atoms with Gasteiger partial charge in [0.15, 0.2) is 0 Å². The molecule has 0 radical (unpaired) electrons. The van der Waals surface area contributed by atoms with Gasteiger partial charge in [-0.3, -0.25) is 19.7 Å². The zero-order valence-electron chi connectivity index (χ0n) is 24.5. The summed E-state index contributed by atoms with van der Waals surface area (Å²) in [6.07, 6.45) is 0.578. The lowest BCUT2D eigenvalue weighted by atomic mass is 10.0. The number of hydrogen-bond donors (Lipinski definition) is 2. The number of methoxy groups -OCH3 is 1. The fraction of sp³-hybridized carbons (Fsp3) is 0.219. The minimum absolute atomic E-state index is 0.0105. The molecule has 4 aromatic rings. The SMILES string of the molecule is CNCC(=O)NC(C=O)CN(C(=O)c1ccc([N+](=O)[O-])cc1)c1ccccc1N(C)Cc1c(OC)ccc2cc(Br)ccc12. The van der Waals surface area contributed by atoms with Crippen molar-refractivity contribution in [2.24, 2.45) is 0 Å². The first-order valence-corrected chi connectivity index (χ1v) is 14.5. The standard InChI is InChI=1S/C32H32BrN5O6/c1-34-17-31(40)35-24(20-39)18-37(32(41)21-8-12-25(13-9-21)38(42)43)29-7-5-4-6-28(29)36(2)19-27-26-14-11-23(33)16-22(26)10-15-30(27)44-3/h4-16,20,24,34H,17-19H2,1-3H3,(H,35,40). The second kappa shape index (κ2) is 14.6. The van der Waals surface area contributed by atoms with Crippen LogP contribution in [0.1, 0.15) is 15.9 Å². The molecular formula is C32H32BrN5O6. The topological polar surface area (TPSA) is 134 Å². The highest BCUT2D eigenvalue weighted by molar-refractivity contribution is 9.10. The van der Waals surface area contributed by atoms with Gasteiger partial charge in [-0.25, -0.2) is 0 Å². The number of carbonyl (C=O) groups excluding carboxylic acids is 3. The van der Waals surface area contributed by atoms with Crippen LogP contribution in [0.15, 0.2) is 83.3 Å². The molecule has 0 aliphatic heterocycles. The predicted molar refractivity (Wildman–Crippen MR) is 173 cm³/mol. The number of rotatable bonds is 13. The summed E-state index contributed by atoms with van der Waals surface area (Å²) in [5.41, 5.74) is 2.11. The number of para-hydroxylation sites is 2. The van der Waals surface area contributed by atoms with Crippen LogP contribution in [0.4, 0.5) is 17.1 Å². The third kappa shape index (κ3) is 7.39. The van der Waals surface area contributed by atoms with Gasteiger partial charge < -0.3 is 30.0 Å². The Bertz CT molecular complexity index is 1680. The van der Waals surface area contributed by atoms with Crippen molar-refractivity contribution < 1.29 is 24.0 Å². The van der Waals surface area contributed by atoms with E-state index in [4.69, 9.17) is 4.74 Å². The summed E-state index contributed by atoms with van der Waals surface area (Å²) in [6, 6.07) is 21.4. The molecule has 0 saturated carbocycles. The zero-order chi connectivity index (χ0) is 31.8. The molecule has 0 spiro atoms. The van der Waals surface area contributed by atoms with E-state index in [1.807, 2.05) is 54.4 Å². The predicted octanol–water partition coefficient (Wildman–Crippen LogP) is 4.71. The first-order chi connectivity index (χ1) is 21.2. The summed E-state index contributed by atoms with van der Waals surface area (Å²) in [5.74, 6) is -0.202. The van der Waals surface area contributed by atoms with Crippen molar-refractivity contribution in [3.8, 4) is 5.75 Å². The molecule has 2 N–H and O–H groups in total. The fourth-order valence-corrected chi connectivity index (χ4v) is 5.33. The van der Waals surface area contributed by atoms with Gasteiger partial charge in [0.25, 0.3) is 11.6 Å². The number of halogens is 1. The van der Waals surface area contributed by atoms with Crippen LogP contribution in [0.3, 0.4) is 0 Å². The first kappa shape index (κ1) is 32.1. The molecule has 4 rings (SSSR count). The van der Waals surface area contributed by atoms with Crippen molar-refractivity contribution in [2.45, 2.75) is 12.6 Å². The number of non-ortho nitro benzene ring substituents is 1. The monoisotopic (exact) mass is 661 g/mol. The lowest BCUT2D eigenvalue weighted by Gasteiger charge is -2.31. The Labute approximate surface area is 263 Å². The molecule has 0 heterocycles. The van der Waals surface area contributed by atoms with Crippen LogP contribution in [-0.2, 0) is 16.1 Å². The Kier molecular flexibility index (Phi) is 10.6. The molecule has 0 aliphatic rings. The van der Waals surface area contributed by atoms with Gasteiger partial charge in [0.2, 0.25) is 5.91 Å². The van der Waals surface area contributed by atoms with E-state index in [0.717, 1.165) is 20.8 Å². The Hall–Kier alpha value is -4.81. The van der Waals surface area contributed by atoms with Gasteiger partial charge >= 0.3 is 0 Å². The lowest BCUT2D eigenvalue weighted by molar-refractivity contribution is -0.384. The van der Waals surface area contributed by atoms with Crippen LogP contribution in [0.25, 0.3) is 10.8 Å². The van der Waals surface area contributed by atoms with E-state index < -0.39 is 22.8 Å². The molecule has 4 aromatic carbocycles. The molecule has 44 heavy (non-hydrogen) atoms. The largest absolute Gasteiger partial charge is 0.496 e. The average Bonchev–Trinajstić information content (AvgIpc) is 3.02. The Morgan fingerprint density at radius 3 is 2.39 bits per heavy atom. The van der Waals surface area contributed by atoms with Crippen molar-refractivity contribution in [1.29, 1.82) is 0 Å². The Balaban J connectivity index is 1.76. The Morgan fingerprint density at radius 2 is 1.75 bits per heavy atom. The molecule has 12 heteroatoms. The number of anilines is 2. The fourth-order valence-electron chi connectivity index (χ4n) is 4.95. The molecule has 228 valence electrons. The number of likely N-dealkylation sites (N-methyl/N-ethyl adjacent to an activating group) is 1. The summed E-state index contributed by atoms with van der Waals surface area (Å²) in [7, 11) is 5.11. The number of nitro groups is 1. The minimum Gasteiger partial charge on any atom is -0.496 e. The van der Waals surface area contributed by atoms with Gasteiger partial charge in [-0.15, -0.1) is 0 Å². The second-order valence-corrected chi connectivity index (χ2v) is 10.9. The molecule has 11 nitrogen and oxygen atoms in total. The number of nitro benzene ring substituents is 1. The number of carbonyl (C=O) groups is 3. The normalized spacial score (nSPS) is 11.5. The van der Waals surface area contributed by atoms with E-state index in [9.17, 15) is 24.5 Å². The maximum Gasteiger partial charge on any atom is 0.269 e. The maximum atomic E-state index is 14.0. The van der Waals surface area contributed by atoms with Crippen LogP contribution in [0, 0.1) is 10.1 Å². The first-order valence-electron chi connectivity index (χ1n) is 13.7. The van der Waals surface area contributed by atoms with E-state index in [2.05, 4.69) is 26.6 Å². The van der Waals surface area contributed by atoms with Crippen LogP contribution >= 0.6 is 15.9 Å². The molecule has 0 fully saturated rings. The third-order valence-corrected chi connectivity index (χ3v) is 7.54. The zero-order valence-corrected chi connectivity index (χ0v) is 26.0. The van der Waals surface area contributed by atoms with E-state index in [1.165, 1.54) is 29.2 Å². The highest BCUT2D eigenvalue weighted by Crippen LogP contribution is 2.35. The smallest absolute Gasteiger partial charge is 0.269 e. The highest BCUT2D eigenvalue weighted by Gasteiger charge is 2.26. The summed E-state index contributed by atoms with van der Waals surface area (Å²) >= 11 is 3.53. The minimum atomic E-state index is -1.02. The number of amides is 2. The lowest BCUT2D eigenvalue weighted by Crippen LogP contribution is -2.49. The van der Waals surface area contributed by atoms with E-state index >= 15 is 0 Å². The van der Waals surface area contributed by atoms with E-state index in [-0.39, 0.29) is 24.3 Å². The van der Waals surface area contributed by atoms with E-state index in [0.29, 0.717) is 30.0 Å². The van der Waals surface area contributed by atoms with Crippen molar-refractivity contribution in [3.63, 3.8) is 0 Å². The quantitative estimate of drug-likeness (QED) is 0.120. The second-order valence-electron chi connectivity index (χ2n) is 10.0. The summed E-state index contributed by atoms with van der Waals surface area (Å²) < 4.78 is 6.66. The summed E-state index contributed by atoms with van der Waals surface area (Å²) in [4.78, 5) is 52.4. The van der Waals surface area contributed by atoms with Gasteiger partial charge in [0.05, 0.1) is 36.5 Å². The van der Waals surface area contributed by atoms with Gasteiger partial charge in [0.1, 0.15) is 18.1 Å². The van der Waals surface area contributed by atoms with Crippen LogP contribution < -0.4 is 25.2 Å². The number of nitrogens with zero attached hydrogens (tertiary/aromatic N) is 3. The molecule has 1 unspecified atom stereocenters. The van der Waals surface area contributed by atoms with Gasteiger partial charge in [-0.2, -0.15) is 0 Å². The Morgan fingerprint density at radius 1 is 1.05 bits per heavy atom. The van der Waals surface area contributed by atoms with E-state index in [1.54, 1.807) is 26.3 Å². The molecule has 0 bridgehead atoms. The number of fused-ring (bicyclic) bond motifs is 1. The summed E-state index contributed by atoms with van der Waals surface area (Å²) in [6.45, 7) is 0.226. The van der Waals surface area contributed by atoms with Gasteiger partial charge in [-0.05, 0) is 60.3 Å². The highest BCUT2D eigenvalue weighted by atomic mass is 79.9. The number of aldehydes is 1. The summed E-state index contributed by atoms with van der Waals surface area (Å²) in [5, 5.41) is 18.6. The van der Waals surface area contributed by atoms with Crippen LogP contribution in [0.2, 0.25) is 0 Å². The average molecular weight is 663 g/mol. The number of ether oxygens (including phenoxy) is 1. The maximum absolute atomic E-state index is 14.0. The third-order valence-electron chi connectivity index (χ3n) is 7.05. The molecule has 0 aliphatic carbocycles. The number of hydrogen-bond acceptors (Lipinski definition) is 8. The van der Waals surface area contributed by atoms with Gasteiger partial charge in [-0.1, -0.05) is 40.2 Å². The number of benzene rings is 4. The van der Waals surface area contributed by atoms with Crippen LogP contribution in [0.5, 0.6) is 5.75 Å². The van der Waals surface area contributed by atoms with Crippen molar-refractivity contribution >= 4 is 61.9 Å². The van der Waals surface area contributed by atoms with Crippen molar-refractivity contribution in [1.82, 2.24) is 10.6 Å². The van der Waals surface area contributed by atoms with Crippen molar-refractivity contribution in [3.05, 3.63) is 105 Å². The molecular weight excluding hydrogens is 630 g/mol. The van der Waals surface area contributed by atoms with Gasteiger partial charge in [0, 0.05) is 41.3 Å². The molecule has 0 aromatic heterocycles.